The van der Waals surface area contributed by atoms with Crippen molar-refractivity contribution in [3.05, 3.63) is 48.3 Å². The predicted molar refractivity (Wildman–Crippen MR) is 105 cm³/mol. The van der Waals surface area contributed by atoms with E-state index in [1.54, 1.807) is 23.4 Å². The smallest absolute Gasteiger partial charge is 0.320 e. The Balaban J connectivity index is 1.46. The molecule has 0 saturated carbocycles. The number of anilines is 1. The molecule has 2 amide bonds. The summed E-state index contributed by atoms with van der Waals surface area (Å²) in [4.78, 5) is 24.9. The molecule has 1 unspecified atom stereocenters. The van der Waals surface area contributed by atoms with Crippen LogP contribution in [0.3, 0.4) is 0 Å². The number of benzene rings is 1. The highest BCUT2D eigenvalue weighted by molar-refractivity contribution is 5.74. The highest BCUT2D eigenvalue weighted by atomic mass is 16.5. The SMILES string of the molecule is CC(NC(=O)N1CCN(c2ncccn2)CC1)Oc1ccc(C(C)C)cc1. The maximum Gasteiger partial charge on any atom is 0.320 e. The van der Waals surface area contributed by atoms with E-state index < -0.39 is 6.23 Å². The second-order valence-corrected chi connectivity index (χ2v) is 6.96. The summed E-state index contributed by atoms with van der Waals surface area (Å²) in [5.41, 5.74) is 1.26. The number of urea groups is 1. The Morgan fingerprint density at radius 3 is 2.26 bits per heavy atom. The van der Waals surface area contributed by atoms with Gasteiger partial charge in [-0.05, 0) is 36.6 Å². The second-order valence-electron chi connectivity index (χ2n) is 6.96. The zero-order valence-electron chi connectivity index (χ0n) is 16.1. The maximum atomic E-state index is 12.5. The van der Waals surface area contributed by atoms with Crippen molar-refractivity contribution in [3.63, 3.8) is 0 Å². The Hall–Kier alpha value is -2.83. The van der Waals surface area contributed by atoms with Crippen LogP contribution in [0.15, 0.2) is 42.7 Å². The third-order valence-electron chi connectivity index (χ3n) is 4.59. The summed E-state index contributed by atoms with van der Waals surface area (Å²) in [5.74, 6) is 1.94. The van der Waals surface area contributed by atoms with Gasteiger partial charge in [0.05, 0.1) is 0 Å². The van der Waals surface area contributed by atoms with Crippen LogP contribution in [-0.2, 0) is 0 Å². The standard InChI is InChI=1S/C20H27N5O2/c1-15(2)17-5-7-18(8-6-17)27-16(3)23-20(26)25-13-11-24(12-14-25)19-21-9-4-10-22-19/h4-10,15-16H,11-14H2,1-3H3,(H,23,26). The Morgan fingerprint density at radius 2 is 1.67 bits per heavy atom. The molecular formula is C20H27N5O2. The summed E-state index contributed by atoms with van der Waals surface area (Å²) in [7, 11) is 0. The first kappa shape index (κ1) is 18.9. The number of piperazine rings is 1. The minimum Gasteiger partial charge on any atom is -0.471 e. The highest BCUT2D eigenvalue weighted by Gasteiger charge is 2.23. The van der Waals surface area contributed by atoms with Gasteiger partial charge in [0.25, 0.3) is 0 Å². The zero-order chi connectivity index (χ0) is 19.2. The number of carbonyl (C=O) groups is 1. The van der Waals surface area contributed by atoms with Gasteiger partial charge >= 0.3 is 6.03 Å². The summed E-state index contributed by atoms with van der Waals surface area (Å²) >= 11 is 0. The average molecular weight is 369 g/mol. The molecule has 2 heterocycles. The van der Waals surface area contributed by atoms with E-state index in [1.807, 2.05) is 19.1 Å². The Bertz CT molecular complexity index is 728. The van der Waals surface area contributed by atoms with Crippen molar-refractivity contribution in [2.24, 2.45) is 0 Å². The van der Waals surface area contributed by atoms with Gasteiger partial charge in [-0.1, -0.05) is 26.0 Å². The van der Waals surface area contributed by atoms with E-state index in [0.29, 0.717) is 38.0 Å². The summed E-state index contributed by atoms with van der Waals surface area (Å²) in [5, 5.41) is 2.91. The van der Waals surface area contributed by atoms with Crippen molar-refractivity contribution >= 4 is 12.0 Å². The van der Waals surface area contributed by atoms with Crippen LogP contribution < -0.4 is 15.0 Å². The Morgan fingerprint density at radius 1 is 1.04 bits per heavy atom. The fraction of sp³-hybridized carbons (Fsp3) is 0.450. The van der Waals surface area contributed by atoms with Crippen LogP contribution in [0.2, 0.25) is 0 Å². The Kier molecular flexibility index (Phi) is 6.11. The highest BCUT2D eigenvalue weighted by Crippen LogP contribution is 2.19. The number of rotatable bonds is 5. The molecule has 1 aromatic carbocycles. The van der Waals surface area contributed by atoms with Crippen molar-refractivity contribution in [2.45, 2.75) is 32.9 Å². The minimum atomic E-state index is -0.405. The van der Waals surface area contributed by atoms with Crippen LogP contribution >= 0.6 is 0 Å². The van der Waals surface area contributed by atoms with Crippen molar-refractivity contribution in [2.75, 3.05) is 31.1 Å². The molecule has 3 rings (SSSR count). The monoisotopic (exact) mass is 369 g/mol. The number of nitrogens with zero attached hydrogens (tertiary/aromatic N) is 4. The van der Waals surface area contributed by atoms with Crippen LogP contribution in [0.25, 0.3) is 0 Å². The fourth-order valence-electron chi connectivity index (χ4n) is 2.99. The molecule has 1 fully saturated rings. The summed E-state index contributed by atoms with van der Waals surface area (Å²) < 4.78 is 5.81. The molecule has 0 radical (unpaired) electrons. The summed E-state index contributed by atoms with van der Waals surface area (Å²) in [6.45, 7) is 8.82. The van der Waals surface area contributed by atoms with Gasteiger partial charge in [-0.3, -0.25) is 0 Å². The third-order valence-corrected chi connectivity index (χ3v) is 4.59. The first-order valence-electron chi connectivity index (χ1n) is 9.37. The molecule has 1 aliphatic rings. The first-order valence-corrected chi connectivity index (χ1v) is 9.37. The van der Waals surface area contributed by atoms with E-state index >= 15 is 0 Å². The summed E-state index contributed by atoms with van der Waals surface area (Å²) in [6, 6.07) is 9.67. The second kappa shape index (κ2) is 8.70. The number of amides is 2. The van der Waals surface area contributed by atoms with E-state index in [2.05, 4.69) is 46.2 Å². The van der Waals surface area contributed by atoms with Gasteiger partial charge in [0, 0.05) is 38.6 Å². The van der Waals surface area contributed by atoms with Crippen molar-refractivity contribution in [3.8, 4) is 5.75 Å². The molecule has 1 aromatic heterocycles. The van der Waals surface area contributed by atoms with E-state index in [4.69, 9.17) is 4.74 Å². The minimum absolute atomic E-state index is 0.116. The van der Waals surface area contributed by atoms with Gasteiger partial charge in [0.15, 0.2) is 6.23 Å². The maximum absolute atomic E-state index is 12.5. The lowest BCUT2D eigenvalue weighted by molar-refractivity contribution is 0.151. The number of hydrogen-bond donors (Lipinski definition) is 1. The fourth-order valence-corrected chi connectivity index (χ4v) is 2.99. The van der Waals surface area contributed by atoms with E-state index in [1.165, 1.54) is 5.56 Å². The summed E-state index contributed by atoms with van der Waals surface area (Å²) in [6.07, 6.45) is 3.06. The third kappa shape index (κ3) is 5.09. The van der Waals surface area contributed by atoms with Crippen molar-refractivity contribution < 1.29 is 9.53 Å². The van der Waals surface area contributed by atoms with E-state index in [-0.39, 0.29) is 6.03 Å². The van der Waals surface area contributed by atoms with Gasteiger partial charge in [0.2, 0.25) is 5.95 Å². The van der Waals surface area contributed by atoms with Crippen LogP contribution in [0.4, 0.5) is 10.7 Å². The predicted octanol–water partition coefficient (Wildman–Crippen LogP) is 2.86. The van der Waals surface area contributed by atoms with Crippen LogP contribution in [-0.4, -0.2) is 53.3 Å². The normalized spacial score (nSPS) is 15.6. The molecule has 27 heavy (non-hydrogen) atoms. The van der Waals surface area contributed by atoms with Gasteiger partial charge in [0.1, 0.15) is 5.75 Å². The largest absolute Gasteiger partial charge is 0.471 e. The zero-order valence-corrected chi connectivity index (χ0v) is 16.1. The van der Waals surface area contributed by atoms with Crippen molar-refractivity contribution in [1.29, 1.82) is 0 Å². The average Bonchev–Trinajstić information content (AvgIpc) is 2.69. The molecule has 1 aliphatic heterocycles. The molecule has 1 N–H and O–H groups in total. The molecule has 7 heteroatoms. The molecule has 7 nitrogen and oxygen atoms in total. The van der Waals surface area contributed by atoms with Gasteiger partial charge in [-0.2, -0.15) is 0 Å². The molecule has 2 aromatic rings. The quantitative estimate of drug-likeness (QED) is 0.821. The molecule has 0 bridgehead atoms. The molecule has 144 valence electrons. The first-order chi connectivity index (χ1) is 13.0. The van der Waals surface area contributed by atoms with E-state index in [0.717, 1.165) is 5.75 Å². The number of carbonyl (C=O) groups excluding carboxylic acids is 1. The topological polar surface area (TPSA) is 70.6 Å². The van der Waals surface area contributed by atoms with Gasteiger partial charge in [-0.25, -0.2) is 14.8 Å². The lowest BCUT2D eigenvalue weighted by atomic mass is 10.0. The lowest BCUT2D eigenvalue weighted by Gasteiger charge is -2.35. The van der Waals surface area contributed by atoms with Crippen molar-refractivity contribution in [1.82, 2.24) is 20.2 Å². The number of aromatic nitrogens is 2. The molecule has 1 atom stereocenters. The van der Waals surface area contributed by atoms with Crippen LogP contribution in [0.5, 0.6) is 5.75 Å². The lowest BCUT2D eigenvalue weighted by Crippen LogP contribution is -2.54. The number of ether oxygens (including phenoxy) is 1. The van der Waals surface area contributed by atoms with Crippen LogP contribution in [0.1, 0.15) is 32.3 Å². The van der Waals surface area contributed by atoms with E-state index in [9.17, 15) is 4.79 Å². The molecule has 1 saturated heterocycles. The van der Waals surface area contributed by atoms with Gasteiger partial charge < -0.3 is 19.9 Å². The van der Waals surface area contributed by atoms with Gasteiger partial charge in [-0.15, -0.1) is 0 Å². The number of hydrogen-bond acceptors (Lipinski definition) is 5. The molecular weight excluding hydrogens is 342 g/mol. The van der Waals surface area contributed by atoms with Crippen LogP contribution in [0, 0.1) is 0 Å². The Labute approximate surface area is 160 Å². The molecule has 0 spiro atoms. The number of nitrogens with one attached hydrogen (secondary N) is 1. The molecule has 0 aliphatic carbocycles.